The van der Waals surface area contributed by atoms with Gasteiger partial charge in [0.25, 0.3) is 5.54 Å². The fraction of sp³-hybridized carbons (Fsp3) is 0.308. The molecule has 1 aromatic carbocycles. The molecule has 20 heavy (non-hydrogen) atoms. The van der Waals surface area contributed by atoms with Gasteiger partial charge in [-0.3, -0.25) is 0 Å². The first-order valence-electron chi connectivity index (χ1n) is 5.81. The third-order valence-electron chi connectivity index (χ3n) is 2.90. The third-order valence-corrected chi connectivity index (χ3v) is 3.14. The Morgan fingerprint density at radius 1 is 1.45 bits per heavy atom. The van der Waals surface area contributed by atoms with Crippen LogP contribution in [0.5, 0.6) is 0 Å². The first kappa shape index (κ1) is 14.7. The van der Waals surface area contributed by atoms with E-state index in [-0.39, 0.29) is 12.3 Å². The van der Waals surface area contributed by atoms with Crippen molar-refractivity contribution in [2.75, 3.05) is 11.9 Å². The first-order valence-corrected chi connectivity index (χ1v) is 6.19. The average Bonchev–Trinajstić information content (AvgIpc) is 2.37. The van der Waals surface area contributed by atoms with Gasteiger partial charge < -0.3 is 10.1 Å². The van der Waals surface area contributed by atoms with Gasteiger partial charge in [-0.15, -0.1) is 0 Å². The van der Waals surface area contributed by atoms with Crippen molar-refractivity contribution >= 4 is 29.3 Å². The molecule has 1 aliphatic rings. The number of fused-ring (bicyclic) bond motifs is 1. The number of ether oxygens (including phenoxy) is 1. The molecule has 0 fully saturated rings. The zero-order valence-corrected chi connectivity index (χ0v) is 11.2. The molecule has 1 aromatic rings. The molecule has 0 aromatic heterocycles. The number of hydrogen-bond acceptors (Lipinski definition) is 3. The van der Waals surface area contributed by atoms with Crippen molar-refractivity contribution in [3.8, 4) is 0 Å². The van der Waals surface area contributed by atoms with Crippen LogP contribution in [0.3, 0.4) is 0 Å². The summed E-state index contributed by atoms with van der Waals surface area (Å²) in [5, 5.41) is 2.61. The maximum atomic E-state index is 13.3. The highest BCUT2D eigenvalue weighted by Gasteiger charge is 2.61. The Kier molecular flexibility index (Phi) is 3.69. The summed E-state index contributed by atoms with van der Waals surface area (Å²) < 4.78 is 44.5. The molecule has 7 heteroatoms. The Balaban J connectivity index is 2.48. The monoisotopic (exact) mass is 305 g/mol. The lowest BCUT2D eigenvalue weighted by atomic mass is 9.92. The van der Waals surface area contributed by atoms with E-state index in [1.807, 2.05) is 0 Å². The van der Waals surface area contributed by atoms with E-state index in [0.29, 0.717) is 10.6 Å². The minimum absolute atomic E-state index is 0.139. The lowest BCUT2D eigenvalue weighted by Crippen LogP contribution is -2.58. The van der Waals surface area contributed by atoms with E-state index >= 15 is 0 Å². The van der Waals surface area contributed by atoms with Crippen LogP contribution in [0.2, 0.25) is 5.02 Å². The highest BCUT2D eigenvalue weighted by atomic mass is 35.5. The Morgan fingerprint density at radius 2 is 2.15 bits per heavy atom. The van der Waals surface area contributed by atoms with E-state index in [1.54, 1.807) is 0 Å². The highest BCUT2D eigenvalue weighted by Crippen LogP contribution is 2.40. The number of benzene rings is 1. The molecular weight excluding hydrogens is 295 g/mol. The number of rotatable bonds is 2. The number of nitrogens with one attached hydrogen (secondary N) is 1. The fourth-order valence-electron chi connectivity index (χ4n) is 1.90. The standard InChI is InChI=1S/C13H11ClF3NO2/c1-2-20-11(19)12(13(15,16)17)6-5-8-7-9(14)3-4-10(8)18-12/h3-7,18H,2H2,1H3. The van der Waals surface area contributed by atoms with Gasteiger partial charge in [0.2, 0.25) is 0 Å². The number of hydrogen-bond donors (Lipinski definition) is 1. The van der Waals surface area contributed by atoms with Crippen LogP contribution >= 0.6 is 11.6 Å². The van der Waals surface area contributed by atoms with E-state index in [4.69, 9.17) is 11.6 Å². The minimum Gasteiger partial charge on any atom is -0.464 e. The first-order chi connectivity index (χ1) is 9.30. The van der Waals surface area contributed by atoms with E-state index < -0.39 is 17.7 Å². The molecule has 1 heterocycles. The number of anilines is 1. The molecule has 0 saturated carbocycles. The van der Waals surface area contributed by atoms with Crippen LogP contribution < -0.4 is 5.32 Å². The van der Waals surface area contributed by atoms with Crippen LogP contribution in [0, 0.1) is 0 Å². The Labute approximate surface area is 118 Å². The van der Waals surface area contributed by atoms with Crippen molar-refractivity contribution in [1.82, 2.24) is 0 Å². The predicted octanol–water partition coefficient (Wildman–Crippen LogP) is 3.64. The van der Waals surface area contributed by atoms with Gasteiger partial charge >= 0.3 is 12.1 Å². The van der Waals surface area contributed by atoms with Crippen LogP contribution in [-0.2, 0) is 9.53 Å². The second kappa shape index (κ2) is 5.01. The largest absolute Gasteiger partial charge is 0.464 e. The van der Waals surface area contributed by atoms with E-state index in [0.717, 1.165) is 6.08 Å². The Hall–Kier alpha value is -1.69. The molecule has 3 nitrogen and oxygen atoms in total. The van der Waals surface area contributed by atoms with E-state index in [9.17, 15) is 18.0 Å². The minimum atomic E-state index is -4.83. The molecule has 108 valence electrons. The molecule has 0 amide bonds. The number of carbonyl (C=O) groups is 1. The van der Waals surface area contributed by atoms with Crippen LogP contribution in [0.25, 0.3) is 6.08 Å². The topological polar surface area (TPSA) is 38.3 Å². The Morgan fingerprint density at radius 3 is 2.75 bits per heavy atom. The van der Waals surface area contributed by atoms with Gasteiger partial charge in [-0.2, -0.15) is 13.2 Å². The zero-order valence-electron chi connectivity index (χ0n) is 10.4. The predicted molar refractivity (Wildman–Crippen MR) is 69.5 cm³/mol. The van der Waals surface area contributed by atoms with Crippen molar-refractivity contribution in [2.24, 2.45) is 0 Å². The molecule has 0 spiro atoms. The summed E-state index contributed by atoms with van der Waals surface area (Å²) in [6, 6.07) is 4.34. The number of esters is 1. The second-order valence-electron chi connectivity index (χ2n) is 4.22. The van der Waals surface area contributed by atoms with Crippen LogP contribution in [-0.4, -0.2) is 24.3 Å². The quantitative estimate of drug-likeness (QED) is 0.848. The van der Waals surface area contributed by atoms with Crippen molar-refractivity contribution in [2.45, 2.75) is 18.6 Å². The second-order valence-corrected chi connectivity index (χ2v) is 4.65. The van der Waals surface area contributed by atoms with Gasteiger partial charge in [0, 0.05) is 10.7 Å². The summed E-state index contributed by atoms with van der Waals surface area (Å²) in [6.07, 6.45) is -2.86. The molecule has 1 atom stereocenters. The molecule has 0 saturated heterocycles. The van der Waals surface area contributed by atoms with E-state index in [2.05, 4.69) is 10.1 Å². The van der Waals surface area contributed by atoms with Crippen molar-refractivity contribution in [3.63, 3.8) is 0 Å². The molecule has 0 radical (unpaired) electrons. The summed E-state index contributed by atoms with van der Waals surface area (Å²) in [5.41, 5.74) is -2.23. The highest BCUT2D eigenvalue weighted by molar-refractivity contribution is 6.30. The van der Waals surface area contributed by atoms with Gasteiger partial charge in [-0.05, 0) is 36.8 Å². The molecule has 1 N–H and O–H groups in total. The lowest BCUT2D eigenvalue weighted by Gasteiger charge is -2.35. The summed E-state index contributed by atoms with van der Waals surface area (Å²) in [4.78, 5) is 11.8. The maximum absolute atomic E-state index is 13.3. The van der Waals surface area contributed by atoms with Gasteiger partial charge in [0.15, 0.2) is 0 Å². The van der Waals surface area contributed by atoms with E-state index in [1.165, 1.54) is 31.2 Å². The molecule has 1 aliphatic heterocycles. The number of alkyl halides is 3. The van der Waals surface area contributed by atoms with Gasteiger partial charge in [-0.1, -0.05) is 17.7 Å². The van der Waals surface area contributed by atoms with Gasteiger partial charge in [0.05, 0.1) is 6.61 Å². The molecular formula is C13H11ClF3NO2. The molecule has 1 unspecified atom stereocenters. The fourth-order valence-corrected chi connectivity index (χ4v) is 2.08. The van der Waals surface area contributed by atoms with Crippen LogP contribution in [0.15, 0.2) is 24.3 Å². The average molecular weight is 306 g/mol. The smallest absolute Gasteiger partial charge is 0.426 e. The summed E-state index contributed by atoms with van der Waals surface area (Å²) >= 11 is 5.77. The van der Waals surface area contributed by atoms with Gasteiger partial charge in [-0.25, -0.2) is 4.79 Å². The number of carbonyl (C=O) groups excluding carboxylic acids is 1. The van der Waals surface area contributed by atoms with Crippen LogP contribution in [0.4, 0.5) is 18.9 Å². The maximum Gasteiger partial charge on any atom is 0.426 e. The van der Waals surface area contributed by atoms with Crippen molar-refractivity contribution in [3.05, 3.63) is 34.9 Å². The summed E-state index contributed by atoms with van der Waals surface area (Å²) in [5.74, 6) is -1.38. The molecule has 0 bridgehead atoms. The summed E-state index contributed by atoms with van der Waals surface area (Å²) in [7, 11) is 0. The zero-order chi connectivity index (χ0) is 15.0. The van der Waals surface area contributed by atoms with Crippen molar-refractivity contribution < 1.29 is 22.7 Å². The van der Waals surface area contributed by atoms with Crippen molar-refractivity contribution in [1.29, 1.82) is 0 Å². The normalized spacial score (nSPS) is 21.1. The van der Waals surface area contributed by atoms with Gasteiger partial charge in [0.1, 0.15) is 0 Å². The van der Waals surface area contributed by atoms with Crippen LogP contribution in [0.1, 0.15) is 12.5 Å². The third kappa shape index (κ3) is 2.35. The number of halogens is 4. The molecule has 0 aliphatic carbocycles. The SMILES string of the molecule is CCOC(=O)C1(C(F)(F)F)C=Cc2cc(Cl)ccc2N1. The summed E-state index contributed by atoms with van der Waals surface area (Å²) in [6.45, 7) is 1.31. The lowest BCUT2D eigenvalue weighted by molar-refractivity contribution is -0.190. The molecule has 2 rings (SSSR count). The Bertz CT molecular complexity index is 571.